The van der Waals surface area contributed by atoms with Gasteiger partial charge in [-0.3, -0.25) is 0 Å². The third kappa shape index (κ3) is 5.37. The van der Waals surface area contributed by atoms with E-state index in [2.05, 4.69) is 23.2 Å². The summed E-state index contributed by atoms with van der Waals surface area (Å²) in [5.41, 5.74) is 5.77. The number of Topliss-reactive ketones (excluding diaryl/α,β-unsaturated/α-hetero) is 1. The number of carbonyl (C=O) groups is 1. The van der Waals surface area contributed by atoms with Crippen LogP contribution in [-0.2, 0) is 10.0 Å². The Labute approximate surface area is 232 Å². The van der Waals surface area contributed by atoms with Crippen molar-refractivity contribution in [3.8, 4) is 0 Å². The fourth-order valence-electron chi connectivity index (χ4n) is 5.39. The molecule has 0 saturated carbocycles. The van der Waals surface area contributed by atoms with Gasteiger partial charge in [-0.15, -0.1) is 0 Å². The molecule has 0 spiro atoms. The van der Waals surface area contributed by atoms with Crippen molar-refractivity contribution in [1.29, 1.82) is 0 Å². The number of ketones is 1. The van der Waals surface area contributed by atoms with E-state index in [9.17, 15) is 13.2 Å². The molecule has 1 aromatic carbocycles. The van der Waals surface area contributed by atoms with Crippen LogP contribution in [0.15, 0.2) is 49.1 Å². The van der Waals surface area contributed by atoms with Crippen LogP contribution in [-0.4, -0.2) is 76.3 Å². The van der Waals surface area contributed by atoms with E-state index in [4.69, 9.17) is 16.6 Å². The van der Waals surface area contributed by atoms with Crippen LogP contribution in [0, 0.1) is 5.92 Å². The van der Waals surface area contributed by atoms with Crippen molar-refractivity contribution in [1.82, 2.24) is 16.6 Å². The molecule has 5 rings (SSSR count). The predicted octanol–water partition coefficient (Wildman–Crippen LogP) is 4.18. The zero-order valence-corrected chi connectivity index (χ0v) is 26.0. The molecule has 2 aliphatic rings. The molecule has 7 nitrogen and oxygen atoms in total. The Balaban J connectivity index is 1.51. The fourth-order valence-corrected chi connectivity index (χ4v) is 7.25. The van der Waals surface area contributed by atoms with Gasteiger partial charge in [0.15, 0.2) is 0 Å². The average molecular weight is 714 g/mol. The molecule has 0 radical (unpaired) electrons. The molecule has 0 amide bonds. The third-order valence-corrected chi connectivity index (χ3v) is 9.78. The maximum absolute atomic E-state index is 12.8. The molecule has 2 aromatic heterocycles. The molecule has 1 aliphatic heterocycles. The summed E-state index contributed by atoms with van der Waals surface area (Å²) < 4.78 is 27.7. The summed E-state index contributed by atoms with van der Waals surface area (Å²) in [6.07, 6.45) is 11.2. The van der Waals surface area contributed by atoms with Gasteiger partial charge in [-0.1, -0.05) is 0 Å². The number of rotatable bonds is 6. The summed E-state index contributed by atoms with van der Waals surface area (Å²) in [6, 6.07) is 9.98. The first kappa shape index (κ1) is 25.7. The van der Waals surface area contributed by atoms with Crippen molar-refractivity contribution in [3.05, 3.63) is 82.2 Å². The molecule has 1 fully saturated rings. The third-order valence-electron chi connectivity index (χ3n) is 7.14. The second-order valence-electron chi connectivity index (χ2n) is 9.49. The molecule has 3 heterocycles. The van der Waals surface area contributed by atoms with Crippen LogP contribution in [0.25, 0.3) is 11.6 Å². The van der Waals surface area contributed by atoms with Crippen LogP contribution in [0.1, 0.15) is 64.5 Å². The van der Waals surface area contributed by atoms with Crippen molar-refractivity contribution < 1.29 is 13.2 Å². The number of fused-ring (bicyclic) bond motifs is 2. The molecule has 3 aromatic rings. The number of carbonyl (C=O) groups excluding carboxylic acids is 1. The number of piperidine rings is 1. The van der Waals surface area contributed by atoms with Gasteiger partial charge in [0.05, 0.1) is 6.26 Å². The van der Waals surface area contributed by atoms with Crippen molar-refractivity contribution in [3.63, 3.8) is 0 Å². The van der Waals surface area contributed by atoms with Crippen LogP contribution < -0.4 is 0 Å². The van der Waals surface area contributed by atoms with Gasteiger partial charge in [0.25, 0.3) is 0 Å². The van der Waals surface area contributed by atoms with E-state index in [-0.39, 0.29) is 17.6 Å². The molecule has 1 unspecified atom stereocenters. The quantitative estimate of drug-likeness (QED) is 0.283. The molecule has 1 atom stereocenters. The first-order valence-corrected chi connectivity index (χ1v) is 16.2. The Kier molecular flexibility index (Phi) is 7.49. The summed E-state index contributed by atoms with van der Waals surface area (Å²) in [5.74, 6) is 0.284. The molecular formula is C26H26ClN4O3STl. The number of benzene rings is 1. The van der Waals surface area contributed by atoms with Crippen molar-refractivity contribution in [2.45, 2.75) is 31.6 Å². The summed E-state index contributed by atoms with van der Waals surface area (Å²) in [7, 11) is -3.21. The van der Waals surface area contributed by atoms with Crippen LogP contribution >= 0.6 is 11.6 Å². The van der Waals surface area contributed by atoms with Crippen LogP contribution in [0.2, 0.25) is 5.02 Å². The minimum Gasteiger partial charge on any atom is 0.0137 e. The number of nitrogens with zero attached hydrogens (tertiary/aromatic N) is 4. The van der Waals surface area contributed by atoms with E-state index in [1.807, 2.05) is 33.0 Å². The monoisotopic (exact) mass is 714 g/mol. The number of sulfonamides is 1. The van der Waals surface area contributed by atoms with Crippen LogP contribution in [0.5, 0.6) is 0 Å². The van der Waals surface area contributed by atoms with Gasteiger partial charge in [0, 0.05) is 13.1 Å². The van der Waals surface area contributed by atoms with Gasteiger partial charge in [-0.2, -0.15) is 0 Å². The molecule has 1 saturated heterocycles. The van der Waals surface area contributed by atoms with Crippen molar-refractivity contribution >= 4 is 65.1 Å². The van der Waals surface area contributed by atoms with Crippen LogP contribution in [0.3, 0.4) is 0 Å². The number of allylic oxidation sites excluding steroid dienone is 1. The van der Waals surface area contributed by atoms with Crippen LogP contribution in [0.4, 0.5) is 0 Å². The van der Waals surface area contributed by atoms with E-state index in [0.717, 1.165) is 40.8 Å². The second kappa shape index (κ2) is 10.5. The van der Waals surface area contributed by atoms with E-state index >= 15 is 0 Å². The fraction of sp³-hybridized carbons (Fsp3) is 0.346. The molecule has 0 N–H and O–H groups in total. The van der Waals surface area contributed by atoms with Gasteiger partial charge in [0.1, 0.15) is 0 Å². The Hall–Kier alpha value is -1.89. The summed E-state index contributed by atoms with van der Waals surface area (Å²) >= 11 is 7.00. The smallest absolute Gasteiger partial charge is 0.0137 e. The number of hydrogen-bond acceptors (Lipinski definition) is 5. The topological polar surface area (TPSA) is 85.2 Å². The summed E-state index contributed by atoms with van der Waals surface area (Å²) in [6.45, 7) is 1.01. The van der Waals surface area contributed by atoms with Gasteiger partial charge >= 0.3 is 192 Å². The maximum atomic E-state index is 12.8. The SMILES string of the molecule is CS(=O)(=O)N1CCC(C2c3ccc(Cl)cc3C=C(CCC(=O)c3c[n]([Tl])cn3)c3cccnc32)CC1. The van der Waals surface area contributed by atoms with Crippen molar-refractivity contribution in [2.75, 3.05) is 19.3 Å². The van der Waals surface area contributed by atoms with Gasteiger partial charge in [-0.25, -0.2) is 12.7 Å². The van der Waals surface area contributed by atoms with E-state index in [1.54, 1.807) is 10.6 Å². The zero-order valence-electron chi connectivity index (χ0n) is 20.0. The molecular weight excluding hydrogens is 688 g/mol. The Morgan fingerprint density at radius 1 is 1.19 bits per heavy atom. The van der Waals surface area contributed by atoms with E-state index < -0.39 is 10.0 Å². The molecule has 184 valence electrons. The number of halogens is 1. The van der Waals surface area contributed by atoms with Crippen molar-refractivity contribution in [2.24, 2.45) is 5.92 Å². The molecule has 1 aliphatic carbocycles. The van der Waals surface area contributed by atoms with E-state index in [1.165, 1.54) is 6.26 Å². The number of pyridine rings is 1. The first-order valence-electron chi connectivity index (χ1n) is 11.9. The summed E-state index contributed by atoms with van der Waals surface area (Å²) in [4.78, 5) is 22.0. The number of imidazole rings is 1. The average Bonchev–Trinajstić information content (AvgIpc) is 3.24. The first-order chi connectivity index (χ1) is 17.2. The Bertz CT molecular complexity index is 1440. The Morgan fingerprint density at radius 2 is 1.97 bits per heavy atom. The van der Waals surface area contributed by atoms with Gasteiger partial charge in [0.2, 0.25) is 10.0 Å². The molecule has 36 heavy (non-hydrogen) atoms. The standard InChI is InChI=1S/C26H27ClN4O3S.Tl/c1-35(33,34)31-11-8-17(9-12-31)25-21-6-5-20(27)14-19(21)13-18(22-3-2-10-29-26(22)25)4-7-24(32)23-15-28-16-30-23;/h2-3,5-6,10,13-17,25H,4,7-9,11-12H2,1H3,(H,28,30,32);/q;+1/p-1. The normalized spacial score (nSPS) is 18.7. The number of aromatic nitrogens is 3. The minimum absolute atomic E-state index is 0.0152. The minimum atomic E-state index is -3.21. The summed E-state index contributed by atoms with van der Waals surface area (Å²) in [5, 5.41) is 0.656. The zero-order chi connectivity index (χ0) is 25.4. The number of hydrogen-bond donors (Lipinski definition) is 0. The van der Waals surface area contributed by atoms with E-state index in [0.29, 0.717) is 62.7 Å². The second-order valence-corrected chi connectivity index (χ2v) is 14.2. The van der Waals surface area contributed by atoms with Gasteiger partial charge < -0.3 is 0 Å². The Morgan fingerprint density at radius 3 is 2.67 bits per heavy atom. The predicted molar refractivity (Wildman–Crippen MR) is 141 cm³/mol. The molecule has 0 bridgehead atoms. The van der Waals surface area contributed by atoms with Gasteiger partial charge in [-0.05, 0) is 0 Å². The molecule has 10 heteroatoms.